The molecule has 1 aromatic carbocycles. The second-order valence-corrected chi connectivity index (χ2v) is 7.48. The number of carbonyl (C=O) groups is 1. The molecule has 1 aliphatic heterocycles. The monoisotopic (exact) mass is 311 g/mol. The number of nitrogens with zero attached hydrogens (tertiary/aromatic N) is 1. The van der Waals surface area contributed by atoms with Crippen molar-refractivity contribution in [1.82, 2.24) is 9.62 Å². The molecule has 0 saturated carbocycles. The van der Waals surface area contributed by atoms with Gasteiger partial charge in [0.2, 0.25) is 15.9 Å². The highest BCUT2D eigenvalue weighted by molar-refractivity contribution is 7.89. The molecule has 1 amide bonds. The largest absolute Gasteiger partial charge is 0.353 e. The molecule has 21 heavy (non-hydrogen) atoms. The standard InChI is InChI=1S/C14H21N3O3S/c1-14(15,12-6-3-2-4-7-12)13(18)16-8-10-17-9-5-11-21(17,19)20/h2-4,6-7H,5,8-11,15H2,1H3,(H,16,18). The van der Waals surface area contributed by atoms with Gasteiger partial charge in [-0.2, -0.15) is 0 Å². The predicted molar refractivity (Wildman–Crippen MR) is 81.0 cm³/mol. The van der Waals surface area contributed by atoms with Crippen LogP contribution in [-0.4, -0.2) is 44.0 Å². The van der Waals surface area contributed by atoms with Gasteiger partial charge in [-0.25, -0.2) is 12.7 Å². The van der Waals surface area contributed by atoms with Gasteiger partial charge >= 0.3 is 0 Å². The summed E-state index contributed by atoms with van der Waals surface area (Å²) in [7, 11) is -3.12. The topological polar surface area (TPSA) is 92.5 Å². The predicted octanol–water partition coefficient (Wildman–Crippen LogP) is 0.0122. The van der Waals surface area contributed by atoms with E-state index >= 15 is 0 Å². The van der Waals surface area contributed by atoms with Gasteiger partial charge in [0.1, 0.15) is 5.54 Å². The molecule has 1 saturated heterocycles. The highest BCUT2D eigenvalue weighted by Crippen LogP contribution is 2.17. The van der Waals surface area contributed by atoms with E-state index in [-0.39, 0.29) is 18.2 Å². The fraction of sp³-hybridized carbons (Fsp3) is 0.500. The Hall–Kier alpha value is -1.44. The second-order valence-electron chi connectivity index (χ2n) is 5.39. The molecule has 1 aliphatic rings. The molecule has 1 heterocycles. The maximum atomic E-state index is 12.2. The molecule has 116 valence electrons. The fourth-order valence-corrected chi connectivity index (χ4v) is 3.86. The summed E-state index contributed by atoms with van der Waals surface area (Å²) < 4.78 is 24.7. The summed E-state index contributed by atoms with van der Waals surface area (Å²) >= 11 is 0. The van der Waals surface area contributed by atoms with E-state index in [1.807, 2.05) is 18.2 Å². The summed E-state index contributed by atoms with van der Waals surface area (Å²) in [5, 5.41) is 2.72. The summed E-state index contributed by atoms with van der Waals surface area (Å²) in [6, 6.07) is 9.10. The van der Waals surface area contributed by atoms with Crippen molar-refractivity contribution < 1.29 is 13.2 Å². The zero-order valence-corrected chi connectivity index (χ0v) is 12.9. The van der Waals surface area contributed by atoms with Crippen LogP contribution in [0.25, 0.3) is 0 Å². The number of benzene rings is 1. The van der Waals surface area contributed by atoms with Gasteiger partial charge < -0.3 is 11.1 Å². The maximum absolute atomic E-state index is 12.2. The van der Waals surface area contributed by atoms with E-state index in [1.54, 1.807) is 19.1 Å². The first kappa shape index (κ1) is 15.9. The Balaban J connectivity index is 1.90. The third-order valence-corrected chi connectivity index (χ3v) is 5.65. The van der Waals surface area contributed by atoms with Gasteiger partial charge in [-0.05, 0) is 18.9 Å². The lowest BCUT2D eigenvalue weighted by molar-refractivity contribution is -0.126. The summed E-state index contributed by atoms with van der Waals surface area (Å²) in [6.45, 7) is 2.72. The molecule has 2 rings (SSSR count). The van der Waals surface area contributed by atoms with Crippen molar-refractivity contribution in [2.75, 3.05) is 25.4 Å². The number of sulfonamides is 1. The van der Waals surface area contributed by atoms with Crippen LogP contribution in [0.1, 0.15) is 18.9 Å². The van der Waals surface area contributed by atoms with E-state index in [0.29, 0.717) is 19.5 Å². The molecule has 1 fully saturated rings. The lowest BCUT2D eigenvalue weighted by Crippen LogP contribution is -2.50. The molecule has 0 aromatic heterocycles. The van der Waals surface area contributed by atoms with Crippen molar-refractivity contribution in [3.8, 4) is 0 Å². The molecule has 0 radical (unpaired) electrons. The van der Waals surface area contributed by atoms with Crippen LogP contribution in [0.2, 0.25) is 0 Å². The summed E-state index contributed by atoms with van der Waals surface area (Å²) in [6.07, 6.45) is 0.648. The van der Waals surface area contributed by atoms with Crippen molar-refractivity contribution in [3.63, 3.8) is 0 Å². The molecular weight excluding hydrogens is 290 g/mol. The molecule has 0 bridgehead atoms. The summed E-state index contributed by atoms with van der Waals surface area (Å²) in [5.74, 6) is -0.121. The Kier molecular flexibility index (Phi) is 4.65. The molecule has 7 heteroatoms. The van der Waals surface area contributed by atoms with E-state index in [9.17, 15) is 13.2 Å². The number of rotatable bonds is 5. The minimum Gasteiger partial charge on any atom is -0.353 e. The quantitative estimate of drug-likeness (QED) is 0.801. The Morgan fingerprint density at radius 2 is 2.05 bits per heavy atom. The molecule has 3 N–H and O–H groups in total. The minimum atomic E-state index is -3.12. The molecule has 1 atom stereocenters. The first-order valence-electron chi connectivity index (χ1n) is 6.94. The van der Waals surface area contributed by atoms with Gasteiger partial charge in [0, 0.05) is 19.6 Å². The number of hydrogen-bond donors (Lipinski definition) is 2. The van der Waals surface area contributed by atoms with Gasteiger partial charge in [0.15, 0.2) is 0 Å². The SMILES string of the molecule is CC(N)(C(=O)NCCN1CCCS1(=O)=O)c1ccccc1. The Bertz CT molecular complexity index is 599. The van der Waals surface area contributed by atoms with Gasteiger partial charge in [0.25, 0.3) is 0 Å². The van der Waals surface area contributed by atoms with Crippen LogP contribution in [0.15, 0.2) is 30.3 Å². The van der Waals surface area contributed by atoms with E-state index in [0.717, 1.165) is 5.56 Å². The van der Waals surface area contributed by atoms with Crippen molar-refractivity contribution in [2.45, 2.75) is 18.9 Å². The molecule has 1 aromatic rings. The Morgan fingerprint density at radius 1 is 1.38 bits per heavy atom. The van der Waals surface area contributed by atoms with E-state index in [1.165, 1.54) is 4.31 Å². The van der Waals surface area contributed by atoms with Crippen molar-refractivity contribution >= 4 is 15.9 Å². The van der Waals surface area contributed by atoms with E-state index in [2.05, 4.69) is 5.32 Å². The fourth-order valence-electron chi connectivity index (χ4n) is 2.34. The second kappa shape index (κ2) is 6.13. The first-order chi connectivity index (χ1) is 9.84. The van der Waals surface area contributed by atoms with Gasteiger partial charge in [-0.15, -0.1) is 0 Å². The summed E-state index contributed by atoms with van der Waals surface area (Å²) in [4.78, 5) is 12.2. The zero-order chi connectivity index (χ0) is 15.5. The smallest absolute Gasteiger partial charge is 0.244 e. The molecule has 0 aliphatic carbocycles. The Labute approximate surface area is 125 Å². The van der Waals surface area contributed by atoms with E-state index in [4.69, 9.17) is 5.73 Å². The number of carbonyl (C=O) groups excluding carboxylic acids is 1. The van der Waals surface area contributed by atoms with Crippen molar-refractivity contribution in [1.29, 1.82) is 0 Å². The van der Waals surface area contributed by atoms with Crippen molar-refractivity contribution in [2.24, 2.45) is 5.73 Å². The van der Waals surface area contributed by atoms with Crippen LogP contribution >= 0.6 is 0 Å². The van der Waals surface area contributed by atoms with Gasteiger partial charge in [-0.1, -0.05) is 30.3 Å². The average molecular weight is 311 g/mol. The van der Waals surface area contributed by atoms with Gasteiger partial charge in [-0.3, -0.25) is 4.79 Å². The highest BCUT2D eigenvalue weighted by Gasteiger charge is 2.31. The van der Waals surface area contributed by atoms with Crippen LogP contribution in [-0.2, 0) is 20.4 Å². The van der Waals surface area contributed by atoms with Crippen LogP contribution in [0.4, 0.5) is 0 Å². The number of hydrogen-bond acceptors (Lipinski definition) is 4. The zero-order valence-electron chi connectivity index (χ0n) is 12.1. The lowest BCUT2D eigenvalue weighted by atomic mass is 9.92. The third kappa shape index (κ3) is 3.61. The normalized spacial score (nSPS) is 20.9. The highest BCUT2D eigenvalue weighted by atomic mass is 32.2. The van der Waals surface area contributed by atoms with Crippen LogP contribution in [0.5, 0.6) is 0 Å². The molecular formula is C14H21N3O3S. The number of amides is 1. The molecule has 0 spiro atoms. The maximum Gasteiger partial charge on any atom is 0.244 e. The summed E-state index contributed by atoms with van der Waals surface area (Å²) in [5.41, 5.74) is 5.67. The molecule has 1 unspecified atom stereocenters. The van der Waals surface area contributed by atoms with Crippen LogP contribution in [0.3, 0.4) is 0 Å². The minimum absolute atomic E-state index is 0.194. The lowest BCUT2D eigenvalue weighted by Gasteiger charge is -2.24. The molecule has 6 nitrogen and oxygen atoms in total. The average Bonchev–Trinajstić information content (AvgIpc) is 2.79. The van der Waals surface area contributed by atoms with Crippen LogP contribution < -0.4 is 11.1 Å². The number of nitrogens with two attached hydrogens (primary N) is 1. The third-order valence-electron chi connectivity index (χ3n) is 3.70. The van der Waals surface area contributed by atoms with Crippen molar-refractivity contribution in [3.05, 3.63) is 35.9 Å². The van der Waals surface area contributed by atoms with E-state index < -0.39 is 15.6 Å². The van der Waals surface area contributed by atoms with Crippen LogP contribution in [0, 0.1) is 0 Å². The number of nitrogens with one attached hydrogen (secondary N) is 1. The Morgan fingerprint density at radius 3 is 2.62 bits per heavy atom. The van der Waals surface area contributed by atoms with Gasteiger partial charge in [0.05, 0.1) is 5.75 Å². The first-order valence-corrected chi connectivity index (χ1v) is 8.55.